The molecular formula is C25H25N3O4S. The Morgan fingerprint density at radius 1 is 1.21 bits per heavy atom. The highest BCUT2D eigenvalue weighted by Crippen LogP contribution is 2.16. The van der Waals surface area contributed by atoms with Crippen molar-refractivity contribution in [2.75, 3.05) is 19.4 Å². The molecule has 0 spiro atoms. The average molecular weight is 464 g/mol. The van der Waals surface area contributed by atoms with Crippen molar-refractivity contribution in [3.63, 3.8) is 0 Å². The van der Waals surface area contributed by atoms with Gasteiger partial charge in [-0.15, -0.1) is 0 Å². The molecular weight excluding hydrogens is 438 g/mol. The van der Waals surface area contributed by atoms with E-state index in [4.69, 9.17) is 9.15 Å². The molecule has 1 amide bonds. The molecule has 0 aliphatic rings. The van der Waals surface area contributed by atoms with Gasteiger partial charge in [0.05, 0.1) is 47.8 Å². The summed E-state index contributed by atoms with van der Waals surface area (Å²) < 4.78 is 12.1. The number of furan rings is 1. The fourth-order valence-electron chi connectivity index (χ4n) is 3.49. The molecule has 4 rings (SSSR count). The summed E-state index contributed by atoms with van der Waals surface area (Å²) in [6.07, 6.45) is 3.38. The van der Waals surface area contributed by atoms with Gasteiger partial charge in [0, 0.05) is 18.5 Å². The molecule has 8 heteroatoms. The minimum absolute atomic E-state index is 0.182. The number of aryl methyl sites for hydroxylation is 1. The van der Waals surface area contributed by atoms with Crippen molar-refractivity contribution in [2.24, 2.45) is 0 Å². The van der Waals surface area contributed by atoms with Gasteiger partial charge in [-0.3, -0.25) is 14.6 Å². The zero-order valence-corrected chi connectivity index (χ0v) is 19.4. The van der Waals surface area contributed by atoms with Crippen LogP contribution in [0.4, 0.5) is 0 Å². The molecule has 1 N–H and O–H groups in total. The molecule has 0 fully saturated rings. The van der Waals surface area contributed by atoms with Crippen molar-refractivity contribution >= 4 is 28.6 Å². The summed E-state index contributed by atoms with van der Waals surface area (Å²) in [6, 6.07) is 14.8. The molecule has 0 unspecified atom stereocenters. The highest BCUT2D eigenvalue weighted by Gasteiger charge is 2.14. The number of ether oxygens (including phenoxy) is 1. The Morgan fingerprint density at radius 3 is 2.76 bits per heavy atom. The maximum absolute atomic E-state index is 13.1. The third-order valence-electron chi connectivity index (χ3n) is 5.26. The first kappa shape index (κ1) is 22.7. The molecule has 33 heavy (non-hydrogen) atoms. The normalized spacial score (nSPS) is 11.0. The van der Waals surface area contributed by atoms with Crippen LogP contribution in [0.1, 0.15) is 27.4 Å². The monoisotopic (exact) mass is 463 g/mol. The highest BCUT2D eigenvalue weighted by atomic mass is 32.2. The summed E-state index contributed by atoms with van der Waals surface area (Å²) in [5, 5.41) is 3.34. The van der Waals surface area contributed by atoms with E-state index in [9.17, 15) is 9.59 Å². The number of pyridine rings is 2. The van der Waals surface area contributed by atoms with Crippen molar-refractivity contribution in [1.29, 1.82) is 0 Å². The van der Waals surface area contributed by atoms with Gasteiger partial charge in [0.15, 0.2) is 0 Å². The second-order valence-electron chi connectivity index (χ2n) is 7.54. The quantitative estimate of drug-likeness (QED) is 0.378. The number of benzene rings is 1. The first-order valence-electron chi connectivity index (χ1n) is 10.6. The van der Waals surface area contributed by atoms with Crippen molar-refractivity contribution < 1.29 is 13.9 Å². The van der Waals surface area contributed by atoms with Crippen molar-refractivity contribution in [3.05, 3.63) is 93.9 Å². The predicted octanol–water partition coefficient (Wildman–Crippen LogP) is 4.02. The average Bonchev–Trinajstić information content (AvgIpc) is 3.34. The SMILES string of the molecule is COc1ccc(Cn2ccc3nc(C)c(C(=O)NCCSCc4ccco4)cc3c2=O)cc1. The van der Waals surface area contributed by atoms with Crippen LogP contribution in [0.2, 0.25) is 0 Å². The largest absolute Gasteiger partial charge is 0.497 e. The van der Waals surface area contributed by atoms with Gasteiger partial charge >= 0.3 is 0 Å². The van der Waals surface area contributed by atoms with E-state index in [1.165, 1.54) is 0 Å². The Labute approximate surface area is 195 Å². The summed E-state index contributed by atoms with van der Waals surface area (Å²) in [5.74, 6) is 2.95. The first-order chi connectivity index (χ1) is 16.0. The Balaban J connectivity index is 1.46. The standard InChI is InChI=1S/C25H25N3O4S/c1-17-21(24(29)26-10-13-33-16-20-4-3-12-32-20)14-22-23(27-17)9-11-28(25(22)30)15-18-5-7-19(31-2)8-6-18/h3-9,11-12,14H,10,13,15-16H2,1-2H3,(H,26,29). The number of hydrogen-bond acceptors (Lipinski definition) is 6. The summed E-state index contributed by atoms with van der Waals surface area (Å²) in [4.78, 5) is 30.4. The molecule has 170 valence electrons. The molecule has 0 saturated heterocycles. The Kier molecular flexibility index (Phi) is 7.14. The van der Waals surface area contributed by atoms with E-state index in [1.54, 1.807) is 55.0 Å². The van der Waals surface area contributed by atoms with Crippen molar-refractivity contribution in [1.82, 2.24) is 14.9 Å². The van der Waals surface area contributed by atoms with E-state index >= 15 is 0 Å². The van der Waals surface area contributed by atoms with E-state index in [-0.39, 0.29) is 11.5 Å². The zero-order chi connectivity index (χ0) is 23.2. The number of thioether (sulfide) groups is 1. The topological polar surface area (TPSA) is 86.4 Å². The smallest absolute Gasteiger partial charge is 0.260 e. The maximum Gasteiger partial charge on any atom is 0.260 e. The number of methoxy groups -OCH3 is 1. The number of nitrogens with zero attached hydrogens (tertiary/aromatic N) is 2. The third kappa shape index (κ3) is 5.46. The Hall–Kier alpha value is -3.52. The summed E-state index contributed by atoms with van der Waals surface area (Å²) in [7, 11) is 1.62. The molecule has 3 heterocycles. The second kappa shape index (κ2) is 10.4. The van der Waals surface area contributed by atoms with Gasteiger partial charge in [0.2, 0.25) is 0 Å². The van der Waals surface area contributed by atoms with Crippen molar-refractivity contribution in [3.8, 4) is 5.75 Å². The van der Waals surface area contributed by atoms with E-state index in [0.29, 0.717) is 35.2 Å². The van der Waals surface area contributed by atoms with Crippen LogP contribution in [0.5, 0.6) is 5.75 Å². The lowest BCUT2D eigenvalue weighted by molar-refractivity contribution is 0.0955. The Bertz CT molecular complexity index is 1300. The number of fused-ring (bicyclic) bond motifs is 1. The van der Waals surface area contributed by atoms with E-state index in [1.807, 2.05) is 36.4 Å². The van der Waals surface area contributed by atoms with Gasteiger partial charge in [-0.2, -0.15) is 11.8 Å². The fraction of sp³-hybridized carbons (Fsp3) is 0.240. The molecule has 0 atom stereocenters. The molecule has 0 aliphatic carbocycles. The van der Waals surface area contributed by atoms with Crippen LogP contribution in [-0.2, 0) is 12.3 Å². The molecule has 0 saturated carbocycles. The minimum Gasteiger partial charge on any atom is -0.497 e. The number of carbonyl (C=O) groups is 1. The lowest BCUT2D eigenvalue weighted by Crippen LogP contribution is -2.27. The van der Waals surface area contributed by atoms with Crippen LogP contribution in [0.3, 0.4) is 0 Å². The summed E-state index contributed by atoms with van der Waals surface area (Å²) in [6.45, 7) is 2.71. The Morgan fingerprint density at radius 2 is 2.03 bits per heavy atom. The second-order valence-corrected chi connectivity index (χ2v) is 8.64. The van der Waals surface area contributed by atoms with Crippen LogP contribution < -0.4 is 15.6 Å². The van der Waals surface area contributed by atoms with E-state index in [2.05, 4.69) is 10.3 Å². The molecule has 0 radical (unpaired) electrons. The lowest BCUT2D eigenvalue weighted by Gasteiger charge is -2.11. The molecule has 0 aliphatic heterocycles. The lowest BCUT2D eigenvalue weighted by atomic mass is 10.1. The molecule has 4 aromatic rings. The number of hydrogen-bond donors (Lipinski definition) is 1. The molecule has 3 aromatic heterocycles. The van der Waals surface area contributed by atoms with Crippen molar-refractivity contribution in [2.45, 2.75) is 19.2 Å². The van der Waals surface area contributed by atoms with Gasteiger partial charge in [-0.25, -0.2) is 0 Å². The van der Waals surface area contributed by atoms with Gasteiger partial charge in [0.25, 0.3) is 11.5 Å². The highest BCUT2D eigenvalue weighted by molar-refractivity contribution is 7.98. The zero-order valence-electron chi connectivity index (χ0n) is 18.5. The minimum atomic E-state index is -0.231. The summed E-state index contributed by atoms with van der Waals surface area (Å²) in [5.41, 5.74) is 2.38. The van der Waals surface area contributed by atoms with Crippen LogP contribution >= 0.6 is 11.8 Å². The van der Waals surface area contributed by atoms with Gasteiger partial charge in [-0.1, -0.05) is 12.1 Å². The van der Waals surface area contributed by atoms with Crippen LogP contribution in [0, 0.1) is 6.92 Å². The van der Waals surface area contributed by atoms with Crippen LogP contribution in [-0.4, -0.2) is 34.9 Å². The van der Waals surface area contributed by atoms with E-state index in [0.717, 1.165) is 28.6 Å². The molecule has 1 aromatic carbocycles. The van der Waals surface area contributed by atoms with Gasteiger partial charge < -0.3 is 19.0 Å². The number of carbonyl (C=O) groups excluding carboxylic acids is 1. The maximum atomic E-state index is 13.1. The van der Waals surface area contributed by atoms with Crippen LogP contribution in [0.15, 0.2) is 70.2 Å². The first-order valence-corrected chi connectivity index (χ1v) is 11.7. The van der Waals surface area contributed by atoms with Crippen LogP contribution in [0.25, 0.3) is 10.9 Å². The number of nitrogens with one attached hydrogen (secondary N) is 1. The molecule has 0 bridgehead atoms. The number of rotatable bonds is 9. The summed E-state index contributed by atoms with van der Waals surface area (Å²) >= 11 is 1.68. The van der Waals surface area contributed by atoms with Gasteiger partial charge in [-0.05, 0) is 48.9 Å². The molecule has 7 nitrogen and oxygen atoms in total. The number of aromatic nitrogens is 2. The number of amides is 1. The fourth-order valence-corrected chi connectivity index (χ4v) is 4.24. The van der Waals surface area contributed by atoms with E-state index < -0.39 is 0 Å². The third-order valence-corrected chi connectivity index (χ3v) is 6.24. The van der Waals surface area contributed by atoms with Gasteiger partial charge in [0.1, 0.15) is 11.5 Å². The predicted molar refractivity (Wildman–Crippen MR) is 130 cm³/mol.